The number of likely N-dealkylation sites (tertiary alicyclic amines) is 1. The van der Waals surface area contributed by atoms with E-state index < -0.39 is 0 Å². The van der Waals surface area contributed by atoms with Crippen molar-refractivity contribution in [2.45, 2.75) is 33.2 Å². The molecule has 0 unspecified atom stereocenters. The van der Waals surface area contributed by atoms with Crippen molar-refractivity contribution in [3.05, 3.63) is 53.4 Å². The fourth-order valence-corrected chi connectivity index (χ4v) is 4.41. The molecule has 0 saturated carbocycles. The van der Waals surface area contributed by atoms with Gasteiger partial charge < -0.3 is 18.9 Å². The Bertz CT molecular complexity index is 1150. The van der Waals surface area contributed by atoms with Crippen LogP contribution in [0.15, 0.2) is 40.9 Å². The normalized spacial score (nSPS) is 14.7. The van der Waals surface area contributed by atoms with Gasteiger partial charge in [0, 0.05) is 24.2 Å². The van der Waals surface area contributed by atoms with Crippen LogP contribution in [-0.4, -0.2) is 55.3 Å². The first kappa shape index (κ1) is 23.8. The van der Waals surface area contributed by atoms with Gasteiger partial charge in [-0.15, -0.1) is 0 Å². The van der Waals surface area contributed by atoms with Crippen LogP contribution < -0.4 is 14.4 Å². The van der Waals surface area contributed by atoms with E-state index in [2.05, 4.69) is 33.2 Å². The Hall–Kier alpha value is -3.39. The maximum Gasteiger partial charge on any atom is 0.241 e. The fourth-order valence-electron chi connectivity index (χ4n) is 4.41. The third kappa shape index (κ3) is 5.07. The van der Waals surface area contributed by atoms with Crippen molar-refractivity contribution >= 4 is 11.6 Å². The van der Waals surface area contributed by atoms with E-state index in [1.165, 1.54) is 0 Å². The number of benzene rings is 2. The van der Waals surface area contributed by atoms with Gasteiger partial charge in [0.05, 0.1) is 20.8 Å². The van der Waals surface area contributed by atoms with Crippen molar-refractivity contribution in [3.63, 3.8) is 0 Å². The van der Waals surface area contributed by atoms with E-state index in [-0.39, 0.29) is 11.8 Å². The standard InChI is InChI=1S/C26H32N4O4/c1-17-6-7-18(2)21(14-17)29(3)26(31)19-10-12-30(13-11-19)16-24-27-25(28-34-24)20-8-9-22(32-4)23(15-20)33-5/h6-9,14-15,19H,10-13,16H2,1-5H3. The number of amides is 1. The molecule has 8 heteroatoms. The van der Waals surface area contributed by atoms with Crippen LogP contribution >= 0.6 is 0 Å². The number of piperidine rings is 1. The molecule has 4 rings (SSSR count). The van der Waals surface area contributed by atoms with Crippen LogP contribution in [-0.2, 0) is 11.3 Å². The van der Waals surface area contributed by atoms with Gasteiger partial charge in [-0.25, -0.2) is 0 Å². The van der Waals surface area contributed by atoms with E-state index >= 15 is 0 Å². The minimum Gasteiger partial charge on any atom is -0.493 e. The molecule has 1 aliphatic heterocycles. The lowest BCUT2D eigenvalue weighted by molar-refractivity contribution is -0.123. The molecule has 2 heterocycles. The molecular weight excluding hydrogens is 432 g/mol. The lowest BCUT2D eigenvalue weighted by Crippen LogP contribution is -2.41. The Kier molecular flexibility index (Phi) is 7.17. The summed E-state index contributed by atoms with van der Waals surface area (Å²) in [5.74, 6) is 2.53. The number of carbonyl (C=O) groups excluding carboxylic acids is 1. The number of aryl methyl sites for hydroxylation is 2. The van der Waals surface area contributed by atoms with Gasteiger partial charge in [0.15, 0.2) is 11.5 Å². The van der Waals surface area contributed by atoms with Gasteiger partial charge in [0.25, 0.3) is 0 Å². The smallest absolute Gasteiger partial charge is 0.241 e. The molecule has 180 valence electrons. The molecule has 0 N–H and O–H groups in total. The maximum absolute atomic E-state index is 13.1. The topological polar surface area (TPSA) is 80.9 Å². The third-order valence-electron chi connectivity index (χ3n) is 6.46. The molecule has 8 nitrogen and oxygen atoms in total. The Balaban J connectivity index is 1.34. The number of rotatable bonds is 7. The van der Waals surface area contributed by atoms with Crippen LogP contribution in [0.2, 0.25) is 0 Å². The zero-order valence-electron chi connectivity index (χ0n) is 20.5. The van der Waals surface area contributed by atoms with E-state index in [9.17, 15) is 4.79 Å². The van der Waals surface area contributed by atoms with Crippen molar-refractivity contribution in [2.75, 3.05) is 39.3 Å². The molecule has 0 bridgehead atoms. The fraction of sp³-hybridized carbons (Fsp3) is 0.423. The lowest BCUT2D eigenvalue weighted by Gasteiger charge is -2.32. The summed E-state index contributed by atoms with van der Waals surface area (Å²) >= 11 is 0. The average molecular weight is 465 g/mol. The van der Waals surface area contributed by atoms with Crippen molar-refractivity contribution < 1.29 is 18.8 Å². The van der Waals surface area contributed by atoms with Gasteiger partial charge in [0.2, 0.25) is 17.6 Å². The summed E-state index contributed by atoms with van der Waals surface area (Å²) in [5.41, 5.74) is 4.05. The summed E-state index contributed by atoms with van der Waals surface area (Å²) in [5, 5.41) is 4.13. The molecule has 1 saturated heterocycles. The predicted octanol–water partition coefficient (Wildman–Crippen LogP) is 4.25. The van der Waals surface area contributed by atoms with Gasteiger partial charge in [-0.3, -0.25) is 9.69 Å². The number of ether oxygens (including phenoxy) is 2. The number of anilines is 1. The molecule has 0 atom stereocenters. The molecule has 3 aromatic rings. The maximum atomic E-state index is 13.1. The number of methoxy groups -OCH3 is 2. The average Bonchev–Trinajstić information content (AvgIpc) is 3.33. The Morgan fingerprint density at radius 2 is 1.82 bits per heavy atom. The monoisotopic (exact) mass is 464 g/mol. The molecule has 1 aromatic heterocycles. The third-order valence-corrected chi connectivity index (χ3v) is 6.46. The first-order valence-electron chi connectivity index (χ1n) is 11.5. The van der Waals surface area contributed by atoms with Gasteiger partial charge in [-0.05, 0) is 75.2 Å². The minimum absolute atomic E-state index is 0.0196. The van der Waals surface area contributed by atoms with Gasteiger partial charge in [0.1, 0.15) is 0 Å². The summed E-state index contributed by atoms with van der Waals surface area (Å²) in [6, 6.07) is 11.7. The van der Waals surface area contributed by atoms with E-state index in [1.807, 2.05) is 44.0 Å². The molecule has 0 aliphatic carbocycles. The number of hydrogen-bond donors (Lipinski definition) is 0. The van der Waals surface area contributed by atoms with Crippen molar-refractivity contribution in [1.82, 2.24) is 15.0 Å². The van der Waals surface area contributed by atoms with Crippen molar-refractivity contribution in [2.24, 2.45) is 5.92 Å². The van der Waals surface area contributed by atoms with Gasteiger partial charge >= 0.3 is 0 Å². The van der Waals surface area contributed by atoms with E-state index in [0.717, 1.165) is 48.3 Å². The molecule has 1 fully saturated rings. The quantitative estimate of drug-likeness (QED) is 0.517. The van der Waals surface area contributed by atoms with E-state index in [1.54, 1.807) is 14.2 Å². The highest BCUT2D eigenvalue weighted by atomic mass is 16.5. The second-order valence-electron chi connectivity index (χ2n) is 8.82. The Morgan fingerprint density at radius 1 is 1.09 bits per heavy atom. The largest absolute Gasteiger partial charge is 0.493 e. The summed E-state index contributed by atoms with van der Waals surface area (Å²) in [6.45, 7) is 6.28. The highest BCUT2D eigenvalue weighted by Crippen LogP contribution is 2.31. The molecule has 0 spiro atoms. The number of nitrogens with zero attached hydrogens (tertiary/aromatic N) is 4. The Labute approximate surface area is 200 Å². The zero-order chi connectivity index (χ0) is 24.2. The first-order valence-corrected chi connectivity index (χ1v) is 11.5. The highest BCUT2D eigenvalue weighted by Gasteiger charge is 2.29. The van der Waals surface area contributed by atoms with E-state index in [0.29, 0.717) is 29.8 Å². The lowest BCUT2D eigenvalue weighted by atomic mass is 9.95. The second kappa shape index (κ2) is 10.3. The van der Waals surface area contributed by atoms with Crippen LogP contribution in [0.5, 0.6) is 11.5 Å². The predicted molar refractivity (Wildman–Crippen MR) is 130 cm³/mol. The number of aromatic nitrogens is 2. The first-order chi connectivity index (χ1) is 16.4. The molecule has 2 aromatic carbocycles. The Morgan fingerprint density at radius 3 is 2.53 bits per heavy atom. The van der Waals surface area contributed by atoms with Crippen LogP contribution in [0.4, 0.5) is 5.69 Å². The summed E-state index contributed by atoms with van der Waals surface area (Å²) in [4.78, 5) is 21.8. The molecule has 1 aliphatic rings. The number of hydrogen-bond acceptors (Lipinski definition) is 7. The molecular formula is C26H32N4O4. The summed E-state index contributed by atoms with van der Waals surface area (Å²) < 4.78 is 16.1. The van der Waals surface area contributed by atoms with Gasteiger partial charge in [-0.2, -0.15) is 4.98 Å². The zero-order valence-corrected chi connectivity index (χ0v) is 20.5. The second-order valence-corrected chi connectivity index (χ2v) is 8.82. The summed E-state index contributed by atoms with van der Waals surface area (Å²) in [7, 11) is 5.07. The van der Waals surface area contributed by atoms with Gasteiger partial charge in [-0.1, -0.05) is 17.3 Å². The van der Waals surface area contributed by atoms with E-state index in [4.69, 9.17) is 14.0 Å². The van der Waals surface area contributed by atoms with Crippen LogP contribution in [0.3, 0.4) is 0 Å². The molecule has 34 heavy (non-hydrogen) atoms. The minimum atomic E-state index is 0.0196. The molecule has 0 radical (unpaired) electrons. The number of carbonyl (C=O) groups is 1. The summed E-state index contributed by atoms with van der Waals surface area (Å²) in [6.07, 6.45) is 1.62. The molecule has 1 amide bonds. The van der Waals surface area contributed by atoms with Crippen LogP contribution in [0.25, 0.3) is 11.4 Å². The van der Waals surface area contributed by atoms with Crippen LogP contribution in [0.1, 0.15) is 29.9 Å². The van der Waals surface area contributed by atoms with Crippen molar-refractivity contribution in [1.29, 1.82) is 0 Å². The van der Waals surface area contributed by atoms with Crippen molar-refractivity contribution in [3.8, 4) is 22.9 Å². The SMILES string of the molecule is COc1ccc(-c2noc(CN3CCC(C(=O)N(C)c4cc(C)ccc4C)CC3)n2)cc1OC. The van der Waals surface area contributed by atoms with Crippen LogP contribution in [0, 0.1) is 19.8 Å². The highest BCUT2D eigenvalue weighted by molar-refractivity contribution is 5.95.